The molecule has 0 unspecified atom stereocenters. The first kappa shape index (κ1) is 12.8. The maximum Gasteiger partial charge on any atom is 0.194 e. The standard InChI is InChI=1S/C14H16FNO2/c1-10-13(8-9-17)16-14(18-10)7-4-11-2-5-12(15)6-3-11/h2-3,5-6,17H,4,7-9H2,1H3. The molecule has 3 nitrogen and oxygen atoms in total. The van der Waals surface area contributed by atoms with E-state index < -0.39 is 0 Å². The first-order valence-corrected chi connectivity index (χ1v) is 5.99. The van der Waals surface area contributed by atoms with Crippen molar-refractivity contribution in [1.29, 1.82) is 0 Å². The average Bonchev–Trinajstić information content (AvgIpc) is 2.70. The summed E-state index contributed by atoms with van der Waals surface area (Å²) in [6.07, 6.45) is 1.96. The van der Waals surface area contributed by atoms with Gasteiger partial charge in [0.05, 0.1) is 5.69 Å². The Kier molecular flexibility index (Phi) is 4.10. The number of hydrogen-bond acceptors (Lipinski definition) is 3. The van der Waals surface area contributed by atoms with Gasteiger partial charge in [-0.2, -0.15) is 0 Å². The van der Waals surface area contributed by atoms with Crippen molar-refractivity contribution < 1.29 is 13.9 Å². The van der Waals surface area contributed by atoms with Gasteiger partial charge < -0.3 is 9.52 Å². The van der Waals surface area contributed by atoms with E-state index in [4.69, 9.17) is 9.52 Å². The highest BCUT2D eigenvalue weighted by atomic mass is 19.1. The van der Waals surface area contributed by atoms with Crippen LogP contribution in [-0.2, 0) is 19.3 Å². The number of oxazole rings is 1. The molecule has 96 valence electrons. The lowest BCUT2D eigenvalue weighted by atomic mass is 10.1. The van der Waals surface area contributed by atoms with Gasteiger partial charge >= 0.3 is 0 Å². The Morgan fingerprint density at radius 1 is 1.17 bits per heavy atom. The van der Waals surface area contributed by atoms with Crippen LogP contribution in [0, 0.1) is 12.7 Å². The fourth-order valence-corrected chi connectivity index (χ4v) is 1.83. The van der Waals surface area contributed by atoms with Gasteiger partial charge in [-0.25, -0.2) is 9.37 Å². The van der Waals surface area contributed by atoms with Crippen LogP contribution in [0.3, 0.4) is 0 Å². The Morgan fingerprint density at radius 2 is 1.89 bits per heavy atom. The van der Waals surface area contributed by atoms with Crippen LogP contribution < -0.4 is 0 Å². The molecule has 0 aliphatic rings. The van der Waals surface area contributed by atoms with E-state index in [9.17, 15) is 4.39 Å². The number of nitrogens with zero attached hydrogens (tertiary/aromatic N) is 1. The normalized spacial score (nSPS) is 10.8. The predicted octanol–water partition coefficient (Wildman–Crippen LogP) is 2.44. The second-order valence-corrected chi connectivity index (χ2v) is 4.21. The van der Waals surface area contributed by atoms with Gasteiger partial charge in [0.1, 0.15) is 11.6 Å². The minimum Gasteiger partial charge on any atom is -0.446 e. The van der Waals surface area contributed by atoms with Crippen LogP contribution in [0.1, 0.15) is 22.9 Å². The van der Waals surface area contributed by atoms with E-state index >= 15 is 0 Å². The van der Waals surface area contributed by atoms with Crippen LogP contribution in [0.2, 0.25) is 0 Å². The number of benzene rings is 1. The van der Waals surface area contributed by atoms with Crippen molar-refractivity contribution in [2.45, 2.75) is 26.2 Å². The zero-order chi connectivity index (χ0) is 13.0. The number of rotatable bonds is 5. The number of aliphatic hydroxyl groups is 1. The molecular weight excluding hydrogens is 233 g/mol. The molecular formula is C14H16FNO2. The lowest BCUT2D eigenvalue weighted by Crippen LogP contribution is -1.95. The lowest BCUT2D eigenvalue weighted by Gasteiger charge is -1.98. The molecule has 0 fully saturated rings. The third kappa shape index (κ3) is 3.17. The van der Waals surface area contributed by atoms with Crippen molar-refractivity contribution in [1.82, 2.24) is 4.98 Å². The molecule has 0 aliphatic heterocycles. The maximum atomic E-state index is 12.7. The predicted molar refractivity (Wildman–Crippen MR) is 65.8 cm³/mol. The van der Waals surface area contributed by atoms with Gasteiger partial charge in [0.2, 0.25) is 0 Å². The lowest BCUT2D eigenvalue weighted by molar-refractivity contribution is 0.297. The molecule has 0 bridgehead atoms. The van der Waals surface area contributed by atoms with E-state index in [2.05, 4.69) is 4.98 Å². The van der Waals surface area contributed by atoms with E-state index in [0.29, 0.717) is 18.7 Å². The van der Waals surface area contributed by atoms with E-state index in [1.165, 1.54) is 12.1 Å². The third-order valence-corrected chi connectivity index (χ3v) is 2.83. The Balaban J connectivity index is 1.97. The SMILES string of the molecule is Cc1oc(CCc2ccc(F)cc2)nc1CCO. The highest BCUT2D eigenvalue weighted by Gasteiger charge is 2.08. The van der Waals surface area contributed by atoms with E-state index in [1.807, 2.05) is 6.92 Å². The van der Waals surface area contributed by atoms with Gasteiger partial charge in [-0.1, -0.05) is 12.1 Å². The van der Waals surface area contributed by atoms with Gasteiger partial charge in [-0.3, -0.25) is 0 Å². The number of aliphatic hydroxyl groups excluding tert-OH is 1. The molecule has 0 spiro atoms. The smallest absolute Gasteiger partial charge is 0.194 e. The third-order valence-electron chi connectivity index (χ3n) is 2.83. The zero-order valence-corrected chi connectivity index (χ0v) is 10.3. The monoisotopic (exact) mass is 249 g/mol. The fraction of sp³-hybridized carbons (Fsp3) is 0.357. The molecule has 1 N–H and O–H groups in total. The van der Waals surface area contributed by atoms with Crippen molar-refractivity contribution in [3.63, 3.8) is 0 Å². The summed E-state index contributed by atoms with van der Waals surface area (Å²) in [7, 11) is 0. The summed E-state index contributed by atoms with van der Waals surface area (Å²) in [5.41, 5.74) is 1.86. The minimum atomic E-state index is -0.226. The molecule has 1 aromatic heterocycles. The fourth-order valence-electron chi connectivity index (χ4n) is 1.83. The summed E-state index contributed by atoms with van der Waals surface area (Å²) in [4.78, 5) is 4.33. The molecule has 4 heteroatoms. The van der Waals surface area contributed by atoms with Crippen LogP contribution in [0.25, 0.3) is 0 Å². The van der Waals surface area contributed by atoms with Crippen molar-refractivity contribution in [3.8, 4) is 0 Å². The number of aryl methyl sites for hydroxylation is 3. The van der Waals surface area contributed by atoms with Gasteiger partial charge in [-0.15, -0.1) is 0 Å². The zero-order valence-electron chi connectivity index (χ0n) is 10.3. The van der Waals surface area contributed by atoms with Crippen LogP contribution in [-0.4, -0.2) is 16.7 Å². The molecule has 1 heterocycles. The summed E-state index contributed by atoms with van der Waals surface area (Å²) in [5.74, 6) is 1.20. The minimum absolute atomic E-state index is 0.0742. The summed E-state index contributed by atoms with van der Waals surface area (Å²) < 4.78 is 18.3. The molecule has 2 rings (SSSR count). The molecule has 0 aliphatic carbocycles. The summed E-state index contributed by atoms with van der Waals surface area (Å²) in [6, 6.07) is 6.43. The molecule has 0 atom stereocenters. The second-order valence-electron chi connectivity index (χ2n) is 4.21. The first-order chi connectivity index (χ1) is 8.69. The van der Waals surface area contributed by atoms with Gasteiger partial charge in [0.15, 0.2) is 5.89 Å². The molecule has 1 aromatic carbocycles. The van der Waals surface area contributed by atoms with Crippen LogP contribution in [0.4, 0.5) is 4.39 Å². The molecule has 0 radical (unpaired) electrons. The second kappa shape index (κ2) is 5.78. The summed E-state index contributed by atoms with van der Waals surface area (Å²) in [6.45, 7) is 1.92. The average molecular weight is 249 g/mol. The molecule has 0 saturated carbocycles. The van der Waals surface area contributed by atoms with E-state index in [0.717, 1.165) is 23.4 Å². The number of halogens is 1. The van der Waals surface area contributed by atoms with Gasteiger partial charge in [-0.05, 0) is 31.0 Å². The van der Waals surface area contributed by atoms with Gasteiger partial charge in [0.25, 0.3) is 0 Å². The Morgan fingerprint density at radius 3 is 2.56 bits per heavy atom. The van der Waals surface area contributed by atoms with Crippen molar-refractivity contribution in [2.75, 3.05) is 6.61 Å². The molecule has 0 saturated heterocycles. The maximum absolute atomic E-state index is 12.7. The van der Waals surface area contributed by atoms with Crippen LogP contribution >= 0.6 is 0 Å². The van der Waals surface area contributed by atoms with Crippen molar-refractivity contribution in [3.05, 3.63) is 53.0 Å². The Hall–Kier alpha value is -1.68. The Labute approximate surface area is 105 Å². The van der Waals surface area contributed by atoms with E-state index in [-0.39, 0.29) is 12.4 Å². The summed E-state index contributed by atoms with van der Waals surface area (Å²) >= 11 is 0. The van der Waals surface area contributed by atoms with E-state index in [1.54, 1.807) is 12.1 Å². The highest BCUT2D eigenvalue weighted by molar-refractivity contribution is 5.17. The number of hydrogen-bond donors (Lipinski definition) is 1. The topological polar surface area (TPSA) is 46.3 Å². The molecule has 18 heavy (non-hydrogen) atoms. The first-order valence-electron chi connectivity index (χ1n) is 5.99. The highest BCUT2D eigenvalue weighted by Crippen LogP contribution is 2.13. The number of aromatic nitrogens is 1. The largest absolute Gasteiger partial charge is 0.446 e. The van der Waals surface area contributed by atoms with Crippen molar-refractivity contribution >= 4 is 0 Å². The molecule has 2 aromatic rings. The molecule has 0 amide bonds. The quantitative estimate of drug-likeness (QED) is 0.885. The summed E-state index contributed by atoms with van der Waals surface area (Å²) in [5, 5.41) is 8.87. The van der Waals surface area contributed by atoms with Gasteiger partial charge in [0, 0.05) is 19.4 Å². The Bertz CT molecular complexity index is 505. The van der Waals surface area contributed by atoms with Crippen LogP contribution in [0.5, 0.6) is 0 Å². The van der Waals surface area contributed by atoms with Crippen LogP contribution in [0.15, 0.2) is 28.7 Å². The van der Waals surface area contributed by atoms with Crippen molar-refractivity contribution in [2.24, 2.45) is 0 Å².